The number of rotatable bonds is 2. The Kier molecular flexibility index (Phi) is 2.33. The second-order valence-electron chi connectivity index (χ2n) is 3.95. The Morgan fingerprint density at radius 3 is 2.62 bits per heavy atom. The number of alkyl halides is 1. The number of fused-ring (bicyclic) bond motifs is 3. The maximum Gasteiger partial charge on any atom is 0.0497 e. The van der Waals surface area contributed by atoms with Crippen LogP contribution in [0.15, 0.2) is 42.5 Å². The molecule has 0 saturated heterocycles. The van der Waals surface area contributed by atoms with Crippen molar-refractivity contribution in [3.8, 4) is 0 Å². The normalized spacial score (nSPS) is 11.3. The molecular formula is C14H12ClN. The summed E-state index contributed by atoms with van der Waals surface area (Å²) in [7, 11) is 0. The molecule has 1 N–H and O–H groups in total. The third-order valence-electron chi connectivity index (χ3n) is 2.99. The SMILES string of the molecule is ClCCc1cccc2c1[nH]c1ccccc12. The lowest BCUT2D eigenvalue weighted by Crippen LogP contribution is -1.87. The van der Waals surface area contributed by atoms with Crippen LogP contribution in [0.1, 0.15) is 5.56 Å². The van der Waals surface area contributed by atoms with Crippen LogP contribution in [0.4, 0.5) is 0 Å². The molecule has 3 rings (SSSR count). The zero-order valence-corrected chi connectivity index (χ0v) is 9.59. The lowest BCUT2D eigenvalue weighted by Gasteiger charge is -1.99. The fourth-order valence-electron chi connectivity index (χ4n) is 2.24. The molecule has 3 aromatic rings. The van der Waals surface area contributed by atoms with E-state index in [1.807, 2.05) is 0 Å². The molecule has 0 saturated carbocycles. The van der Waals surface area contributed by atoms with Crippen molar-refractivity contribution in [1.82, 2.24) is 4.98 Å². The Morgan fingerprint density at radius 1 is 0.938 bits per heavy atom. The third-order valence-corrected chi connectivity index (χ3v) is 3.18. The van der Waals surface area contributed by atoms with Gasteiger partial charge in [-0.1, -0.05) is 36.4 Å². The number of hydrogen-bond donors (Lipinski definition) is 1. The number of hydrogen-bond acceptors (Lipinski definition) is 0. The van der Waals surface area contributed by atoms with Crippen LogP contribution in [-0.4, -0.2) is 10.9 Å². The molecule has 1 nitrogen and oxygen atoms in total. The first-order valence-corrected chi connectivity index (χ1v) is 5.98. The van der Waals surface area contributed by atoms with Crippen molar-refractivity contribution in [3.63, 3.8) is 0 Å². The highest BCUT2D eigenvalue weighted by Gasteiger charge is 2.06. The third kappa shape index (κ3) is 1.40. The van der Waals surface area contributed by atoms with Gasteiger partial charge in [0.15, 0.2) is 0 Å². The van der Waals surface area contributed by atoms with E-state index in [9.17, 15) is 0 Å². The first-order valence-electron chi connectivity index (χ1n) is 5.44. The Labute approximate surface area is 99.0 Å². The van der Waals surface area contributed by atoms with E-state index in [0.717, 1.165) is 6.42 Å². The van der Waals surface area contributed by atoms with Gasteiger partial charge < -0.3 is 4.98 Å². The maximum absolute atomic E-state index is 5.82. The average molecular weight is 230 g/mol. The van der Waals surface area contributed by atoms with Crippen LogP contribution in [0.2, 0.25) is 0 Å². The molecule has 1 aromatic heterocycles. The summed E-state index contributed by atoms with van der Waals surface area (Å²) in [5.41, 5.74) is 3.72. The summed E-state index contributed by atoms with van der Waals surface area (Å²) in [5.74, 6) is 0.661. The van der Waals surface area contributed by atoms with Crippen LogP contribution in [-0.2, 0) is 6.42 Å². The zero-order chi connectivity index (χ0) is 11.0. The highest BCUT2D eigenvalue weighted by atomic mass is 35.5. The topological polar surface area (TPSA) is 15.8 Å². The fourth-order valence-corrected chi connectivity index (χ4v) is 2.45. The molecule has 0 aliphatic carbocycles. The number of para-hydroxylation sites is 2. The van der Waals surface area contributed by atoms with E-state index in [2.05, 4.69) is 47.4 Å². The Bertz CT molecular complexity index is 639. The van der Waals surface area contributed by atoms with Gasteiger partial charge in [-0.2, -0.15) is 0 Å². The molecule has 0 atom stereocenters. The van der Waals surface area contributed by atoms with Crippen molar-refractivity contribution in [1.29, 1.82) is 0 Å². The van der Waals surface area contributed by atoms with Crippen LogP contribution < -0.4 is 0 Å². The number of aromatic amines is 1. The lowest BCUT2D eigenvalue weighted by atomic mass is 10.1. The van der Waals surface area contributed by atoms with E-state index < -0.39 is 0 Å². The first-order chi connectivity index (χ1) is 7.90. The van der Waals surface area contributed by atoms with Crippen molar-refractivity contribution in [2.24, 2.45) is 0 Å². The standard InChI is InChI=1S/C14H12ClN/c15-9-8-10-4-3-6-12-11-5-1-2-7-13(11)16-14(10)12/h1-7,16H,8-9H2. The van der Waals surface area contributed by atoms with Gasteiger partial charge in [-0.05, 0) is 18.1 Å². The molecule has 0 bridgehead atoms. The minimum Gasteiger partial charge on any atom is -0.354 e. The van der Waals surface area contributed by atoms with Gasteiger partial charge in [-0.15, -0.1) is 11.6 Å². The molecule has 16 heavy (non-hydrogen) atoms. The largest absolute Gasteiger partial charge is 0.354 e. The molecule has 0 fully saturated rings. The summed E-state index contributed by atoms with van der Waals surface area (Å²) in [4.78, 5) is 3.47. The fraction of sp³-hybridized carbons (Fsp3) is 0.143. The summed E-state index contributed by atoms with van der Waals surface area (Å²) in [5, 5.41) is 2.58. The monoisotopic (exact) mass is 229 g/mol. The van der Waals surface area contributed by atoms with Gasteiger partial charge in [0.25, 0.3) is 0 Å². The molecule has 0 unspecified atom stereocenters. The highest BCUT2D eigenvalue weighted by molar-refractivity contribution is 6.18. The van der Waals surface area contributed by atoms with Crippen molar-refractivity contribution in [2.75, 3.05) is 5.88 Å². The molecule has 2 heteroatoms. The van der Waals surface area contributed by atoms with Crippen molar-refractivity contribution in [3.05, 3.63) is 48.0 Å². The zero-order valence-electron chi connectivity index (χ0n) is 8.83. The second kappa shape index (κ2) is 3.84. The summed E-state index contributed by atoms with van der Waals surface area (Å²) in [6.07, 6.45) is 0.908. The second-order valence-corrected chi connectivity index (χ2v) is 4.33. The molecular weight excluding hydrogens is 218 g/mol. The van der Waals surface area contributed by atoms with Crippen LogP contribution >= 0.6 is 11.6 Å². The molecule has 80 valence electrons. The molecule has 0 spiro atoms. The van der Waals surface area contributed by atoms with Crippen LogP contribution in [0.3, 0.4) is 0 Å². The Hall–Kier alpha value is -1.47. The van der Waals surface area contributed by atoms with Crippen LogP contribution in [0.25, 0.3) is 21.8 Å². The van der Waals surface area contributed by atoms with Crippen molar-refractivity contribution >= 4 is 33.4 Å². The van der Waals surface area contributed by atoms with Gasteiger partial charge in [0.05, 0.1) is 0 Å². The van der Waals surface area contributed by atoms with Gasteiger partial charge in [0.2, 0.25) is 0 Å². The molecule has 0 aliphatic heterocycles. The van der Waals surface area contributed by atoms with Gasteiger partial charge in [-0.25, -0.2) is 0 Å². The predicted octanol–water partition coefficient (Wildman–Crippen LogP) is 4.10. The number of benzene rings is 2. The van der Waals surface area contributed by atoms with E-state index >= 15 is 0 Å². The smallest absolute Gasteiger partial charge is 0.0497 e. The maximum atomic E-state index is 5.82. The number of aryl methyl sites for hydroxylation is 1. The van der Waals surface area contributed by atoms with E-state index in [0.29, 0.717) is 5.88 Å². The van der Waals surface area contributed by atoms with E-state index in [4.69, 9.17) is 11.6 Å². The summed E-state index contributed by atoms with van der Waals surface area (Å²) < 4.78 is 0. The Balaban J connectivity index is 2.39. The van der Waals surface area contributed by atoms with Crippen LogP contribution in [0, 0.1) is 0 Å². The van der Waals surface area contributed by atoms with E-state index in [1.165, 1.54) is 27.4 Å². The minimum absolute atomic E-state index is 0.661. The van der Waals surface area contributed by atoms with E-state index in [1.54, 1.807) is 0 Å². The summed E-state index contributed by atoms with van der Waals surface area (Å²) in [6.45, 7) is 0. The number of aromatic nitrogens is 1. The molecule has 2 aromatic carbocycles. The van der Waals surface area contributed by atoms with Gasteiger partial charge in [-0.3, -0.25) is 0 Å². The van der Waals surface area contributed by atoms with Gasteiger partial charge in [0.1, 0.15) is 0 Å². The quantitative estimate of drug-likeness (QED) is 0.637. The first kappa shape index (κ1) is 9.73. The average Bonchev–Trinajstić information content (AvgIpc) is 2.69. The van der Waals surface area contributed by atoms with E-state index in [-0.39, 0.29) is 0 Å². The molecule has 1 heterocycles. The van der Waals surface area contributed by atoms with Crippen LogP contribution in [0.5, 0.6) is 0 Å². The summed E-state index contributed by atoms with van der Waals surface area (Å²) >= 11 is 5.82. The lowest BCUT2D eigenvalue weighted by molar-refractivity contribution is 1.16. The predicted molar refractivity (Wildman–Crippen MR) is 70.2 cm³/mol. The van der Waals surface area contributed by atoms with Crippen molar-refractivity contribution < 1.29 is 0 Å². The number of H-pyrrole nitrogens is 1. The molecule has 0 amide bonds. The van der Waals surface area contributed by atoms with Gasteiger partial charge >= 0.3 is 0 Å². The van der Waals surface area contributed by atoms with Crippen molar-refractivity contribution in [2.45, 2.75) is 6.42 Å². The highest BCUT2D eigenvalue weighted by Crippen LogP contribution is 2.27. The number of nitrogens with one attached hydrogen (secondary N) is 1. The van der Waals surface area contributed by atoms with Gasteiger partial charge in [0, 0.05) is 27.7 Å². The number of halogens is 1. The molecule has 0 aliphatic rings. The minimum atomic E-state index is 0.661. The molecule has 0 radical (unpaired) electrons. The summed E-state index contributed by atoms with van der Waals surface area (Å²) in [6, 6.07) is 14.8. The Morgan fingerprint density at radius 2 is 1.75 bits per heavy atom.